The van der Waals surface area contributed by atoms with Crippen LogP contribution >= 0.6 is 31.9 Å². The van der Waals surface area contributed by atoms with Crippen molar-refractivity contribution < 1.29 is 19.1 Å². The highest BCUT2D eigenvalue weighted by Crippen LogP contribution is 2.24. The molecule has 0 heterocycles. The van der Waals surface area contributed by atoms with Crippen molar-refractivity contribution in [2.24, 2.45) is 0 Å². The molecule has 7 heteroatoms. The lowest BCUT2D eigenvalue weighted by Gasteiger charge is -2.10. The van der Waals surface area contributed by atoms with Crippen molar-refractivity contribution in [2.45, 2.75) is 0 Å². The maximum atomic E-state index is 13.0. The average Bonchev–Trinajstić information content (AvgIpc) is 2.40. The molecule has 2 rings (SSSR count). The Morgan fingerprint density at radius 3 is 2.38 bits per heavy atom. The summed E-state index contributed by atoms with van der Waals surface area (Å²) in [5.41, 5.74) is 0.318. The van der Waals surface area contributed by atoms with Gasteiger partial charge in [0.1, 0.15) is 5.82 Å². The number of carbonyl (C=O) groups is 2. The van der Waals surface area contributed by atoms with Crippen molar-refractivity contribution in [1.29, 1.82) is 0 Å². The summed E-state index contributed by atoms with van der Waals surface area (Å²) in [5, 5.41) is 11.6. The molecule has 21 heavy (non-hydrogen) atoms. The second-order valence-electron chi connectivity index (χ2n) is 4.07. The predicted molar refractivity (Wildman–Crippen MR) is 83.2 cm³/mol. The zero-order valence-corrected chi connectivity index (χ0v) is 13.5. The van der Waals surface area contributed by atoms with Gasteiger partial charge in [0.2, 0.25) is 0 Å². The van der Waals surface area contributed by atoms with Crippen LogP contribution in [0, 0.1) is 5.82 Å². The number of amides is 1. The van der Waals surface area contributed by atoms with Crippen LogP contribution in [-0.4, -0.2) is 17.0 Å². The van der Waals surface area contributed by atoms with E-state index in [2.05, 4.69) is 37.2 Å². The first-order valence-corrected chi connectivity index (χ1v) is 7.26. The molecule has 0 aliphatic carbocycles. The zero-order chi connectivity index (χ0) is 15.6. The number of hydrogen-bond donors (Lipinski definition) is 2. The van der Waals surface area contributed by atoms with E-state index in [4.69, 9.17) is 5.11 Å². The Balaban J connectivity index is 2.34. The number of nitrogens with one attached hydrogen (secondary N) is 1. The van der Waals surface area contributed by atoms with Crippen LogP contribution in [0.2, 0.25) is 0 Å². The topological polar surface area (TPSA) is 66.4 Å². The van der Waals surface area contributed by atoms with Crippen molar-refractivity contribution in [3.05, 3.63) is 62.3 Å². The van der Waals surface area contributed by atoms with Crippen LogP contribution < -0.4 is 5.32 Å². The normalized spacial score (nSPS) is 10.2. The van der Waals surface area contributed by atoms with Crippen molar-refractivity contribution in [1.82, 2.24) is 0 Å². The lowest BCUT2D eigenvalue weighted by atomic mass is 10.1. The van der Waals surface area contributed by atoms with E-state index in [0.717, 1.165) is 12.1 Å². The maximum absolute atomic E-state index is 13.0. The summed E-state index contributed by atoms with van der Waals surface area (Å²) in [7, 11) is 0. The van der Waals surface area contributed by atoms with E-state index in [1.54, 1.807) is 6.07 Å². The van der Waals surface area contributed by atoms with E-state index in [1.807, 2.05) is 0 Å². The van der Waals surface area contributed by atoms with Gasteiger partial charge in [0, 0.05) is 8.95 Å². The lowest BCUT2D eigenvalue weighted by molar-refractivity contribution is 0.0698. The largest absolute Gasteiger partial charge is 0.478 e. The first-order valence-electron chi connectivity index (χ1n) is 5.67. The quantitative estimate of drug-likeness (QED) is 0.783. The molecule has 0 saturated heterocycles. The molecule has 0 unspecified atom stereocenters. The van der Waals surface area contributed by atoms with Crippen LogP contribution in [0.1, 0.15) is 20.7 Å². The van der Waals surface area contributed by atoms with Crippen LogP contribution in [0.15, 0.2) is 45.3 Å². The molecule has 0 radical (unpaired) electrons. The fourth-order valence-corrected chi connectivity index (χ4v) is 2.56. The van der Waals surface area contributed by atoms with Gasteiger partial charge < -0.3 is 10.4 Å². The summed E-state index contributed by atoms with van der Waals surface area (Å²) in [6.07, 6.45) is 0. The van der Waals surface area contributed by atoms with Gasteiger partial charge in [-0.2, -0.15) is 0 Å². The summed E-state index contributed by atoms with van der Waals surface area (Å²) in [6.45, 7) is 0. The van der Waals surface area contributed by atoms with Crippen LogP contribution in [-0.2, 0) is 0 Å². The number of anilines is 1. The Hall–Kier alpha value is -1.73. The highest BCUT2D eigenvalue weighted by Gasteiger charge is 2.16. The fraction of sp³-hybridized carbons (Fsp3) is 0. The van der Waals surface area contributed by atoms with E-state index in [9.17, 15) is 14.0 Å². The highest BCUT2D eigenvalue weighted by atomic mass is 79.9. The number of hydrogen-bond acceptors (Lipinski definition) is 2. The first-order chi connectivity index (χ1) is 9.88. The van der Waals surface area contributed by atoms with Crippen LogP contribution in [0.5, 0.6) is 0 Å². The third kappa shape index (κ3) is 3.68. The molecule has 0 saturated carbocycles. The van der Waals surface area contributed by atoms with Crippen LogP contribution in [0.4, 0.5) is 10.1 Å². The molecular weight excluding hydrogens is 409 g/mol. The molecule has 0 atom stereocenters. The molecular formula is C14H8Br2FNO3. The number of rotatable bonds is 3. The second kappa shape index (κ2) is 6.36. The third-order valence-corrected chi connectivity index (χ3v) is 3.79. The number of carboxylic acid groups (broad SMARTS) is 1. The van der Waals surface area contributed by atoms with E-state index in [-0.39, 0.29) is 21.3 Å². The van der Waals surface area contributed by atoms with E-state index in [1.165, 1.54) is 18.2 Å². The number of benzene rings is 2. The second-order valence-corrected chi connectivity index (χ2v) is 5.84. The third-order valence-electron chi connectivity index (χ3n) is 2.64. The van der Waals surface area contributed by atoms with Gasteiger partial charge in [-0.25, -0.2) is 9.18 Å². The predicted octanol–water partition coefficient (Wildman–Crippen LogP) is 4.30. The minimum Gasteiger partial charge on any atom is -0.478 e. The SMILES string of the molecule is O=C(Nc1ccc(Br)cc1C(=O)O)c1ccc(F)cc1Br. The lowest BCUT2D eigenvalue weighted by Crippen LogP contribution is -2.15. The van der Waals surface area contributed by atoms with Gasteiger partial charge in [0.25, 0.3) is 5.91 Å². The highest BCUT2D eigenvalue weighted by molar-refractivity contribution is 9.10. The van der Waals surface area contributed by atoms with Gasteiger partial charge in [-0.05, 0) is 52.3 Å². The Morgan fingerprint density at radius 1 is 1.05 bits per heavy atom. The van der Waals surface area contributed by atoms with E-state index in [0.29, 0.717) is 4.47 Å². The molecule has 0 aliphatic rings. The number of halogens is 3. The van der Waals surface area contributed by atoms with Gasteiger partial charge in [0.15, 0.2) is 0 Å². The molecule has 1 amide bonds. The molecule has 0 spiro atoms. The molecule has 2 aromatic carbocycles. The monoisotopic (exact) mass is 415 g/mol. The van der Waals surface area contributed by atoms with Gasteiger partial charge in [-0.15, -0.1) is 0 Å². The van der Waals surface area contributed by atoms with Gasteiger partial charge in [-0.1, -0.05) is 15.9 Å². The van der Waals surface area contributed by atoms with E-state index < -0.39 is 17.7 Å². The average molecular weight is 417 g/mol. The van der Waals surface area contributed by atoms with Crippen molar-refractivity contribution in [3.63, 3.8) is 0 Å². The molecule has 0 aliphatic heterocycles. The molecule has 0 bridgehead atoms. The number of aromatic carboxylic acids is 1. The minimum absolute atomic E-state index is 0.0454. The van der Waals surface area contributed by atoms with Gasteiger partial charge >= 0.3 is 5.97 Å². The van der Waals surface area contributed by atoms with Crippen molar-refractivity contribution in [2.75, 3.05) is 5.32 Å². The fourth-order valence-electron chi connectivity index (χ4n) is 1.67. The zero-order valence-electron chi connectivity index (χ0n) is 10.4. The Kier molecular flexibility index (Phi) is 4.74. The Morgan fingerprint density at radius 2 is 1.76 bits per heavy atom. The molecule has 0 fully saturated rings. The summed E-state index contributed by atoms with van der Waals surface area (Å²) in [5.74, 6) is -2.18. The molecule has 108 valence electrons. The molecule has 0 aromatic heterocycles. The number of carbonyl (C=O) groups excluding carboxylic acids is 1. The van der Waals surface area contributed by atoms with Crippen LogP contribution in [0.25, 0.3) is 0 Å². The van der Waals surface area contributed by atoms with Gasteiger partial charge in [-0.3, -0.25) is 4.79 Å². The van der Waals surface area contributed by atoms with Gasteiger partial charge in [0.05, 0.1) is 16.8 Å². The van der Waals surface area contributed by atoms with Crippen molar-refractivity contribution >= 4 is 49.4 Å². The van der Waals surface area contributed by atoms with Crippen molar-refractivity contribution in [3.8, 4) is 0 Å². The van der Waals surface area contributed by atoms with Crippen LogP contribution in [0.3, 0.4) is 0 Å². The molecule has 4 nitrogen and oxygen atoms in total. The minimum atomic E-state index is -1.16. The summed E-state index contributed by atoms with van der Waals surface area (Å²) >= 11 is 6.27. The Bertz CT molecular complexity index is 734. The summed E-state index contributed by atoms with van der Waals surface area (Å²) in [6, 6.07) is 8.10. The number of carboxylic acids is 1. The Labute approximate surface area is 136 Å². The first kappa shape index (κ1) is 15.7. The smallest absolute Gasteiger partial charge is 0.337 e. The van der Waals surface area contributed by atoms with E-state index >= 15 is 0 Å². The maximum Gasteiger partial charge on any atom is 0.337 e. The summed E-state index contributed by atoms with van der Waals surface area (Å²) in [4.78, 5) is 23.3. The summed E-state index contributed by atoms with van der Waals surface area (Å²) < 4.78 is 13.9. The molecule has 2 aromatic rings. The standard InChI is InChI=1S/C14H8Br2FNO3/c15-7-1-4-12(10(5-7)14(20)21)18-13(19)9-3-2-8(17)6-11(9)16/h1-6H,(H,18,19)(H,20,21). The molecule has 2 N–H and O–H groups in total.